The van der Waals surface area contributed by atoms with Gasteiger partial charge in [0.1, 0.15) is 0 Å². The Morgan fingerprint density at radius 2 is 2.22 bits per heavy atom. The first kappa shape index (κ1) is 13.5. The molecular formula is C15H24N2O. The molecule has 1 aromatic rings. The van der Waals surface area contributed by atoms with E-state index in [0.29, 0.717) is 12.0 Å². The van der Waals surface area contributed by atoms with E-state index in [-0.39, 0.29) is 0 Å². The predicted octanol–water partition coefficient (Wildman–Crippen LogP) is 1.54. The van der Waals surface area contributed by atoms with Gasteiger partial charge < -0.3 is 15.4 Å². The number of fused-ring (bicyclic) bond motifs is 1. The smallest absolute Gasteiger partial charge is 0.0587 e. The zero-order valence-corrected chi connectivity index (χ0v) is 11.4. The van der Waals surface area contributed by atoms with Crippen molar-refractivity contribution in [1.82, 2.24) is 10.6 Å². The Morgan fingerprint density at radius 1 is 1.39 bits per heavy atom. The summed E-state index contributed by atoms with van der Waals surface area (Å²) in [6, 6.07) is 9.27. The summed E-state index contributed by atoms with van der Waals surface area (Å²) < 4.78 is 5.00. The monoisotopic (exact) mass is 248 g/mol. The lowest BCUT2D eigenvalue weighted by molar-refractivity contribution is 0.198. The van der Waals surface area contributed by atoms with Crippen molar-refractivity contribution in [3.63, 3.8) is 0 Å². The largest absolute Gasteiger partial charge is 0.383 e. The fourth-order valence-corrected chi connectivity index (χ4v) is 2.45. The molecule has 0 radical (unpaired) electrons. The number of nitrogens with one attached hydrogen (secondary N) is 2. The zero-order chi connectivity index (χ0) is 12.8. The second-order valence-corrected chi connectivity index (χ2v) is 5.11. The average molecular weight is 248 g/mol. The van der Waals surface area contributed by atoms with Gasteiger partial charge in [0.15, 0.2) is 0 Å². The summed E-state index contributed by atoms with van der Waals surface area (Å²) in [7, 11) is 1.73. The van der Waals surface area contributed by atoms with Crippen LogP contribution in [0, 0.1) is 0 Å². The van der Waals surface area contributed by atoms with Crippen LogP contribution in [0.15, 0.2) is 24.3 Å². The van der Waals surface area contributed by atoms with E-state index >= 15 is 0 Å². The molecule has 2 N–H and O–H groups in total. The Balaban J connectivity index is 1.61. The van der Waals surface area contributed by atoms with Gasteiger partial charge in [-0.1, -0.05) is 24.3 Å². The van der Waals surface area contributed by atoms with Crippen molar-refractivity contribution in [3.8, 4) is 0 Å². The topological polar surface area (TPSA) is 33.3 Å². The van der Waals surface area contributed by atoms with Crippen molar-refractivity contribution in [3.05, 3.63) is 35.4 Å². The van der Waals surface area contributed by atoms with E-state index in [0.717, 1.165) is 26.2 Å². The minimum Gasteiger partial charge on any atom is -0.383 e. The van der Waals surface area contributed by atoms with E-state index in [1.165, 1.54) is 17.5 Å². The molecule has 1 aliphatic rings. The van der Waals surface area contributed by atoms with Crippen LogP contribution in [0.25, 0.3) is 0 Å². The summed E-state index contributed by atoms with van der Waals surface area (Å²) in [5, 5.41) is 6.98. The maximum atomic E-state index is 5.00. The lowest BCUT2D eigenvalue weighted by Gasteiger charge is -2.31. The molecule has 0 bridgehead atoms. The lowest BCUT2D eigenvalue weighted by atomic mass is 9.77. The fourth-order valence-electron chi connectivity index (χ4n) is 2.45. The van der Waals surface area contributed by atoms with Crippen LogP contribution in [-0.2, 0) is 11.2 Å². The third-order valence-electron chi connectivity index (χ3n) is 3.61. The van der Waals surface area contributed by atoms with E-state index in [1.54, 1.807) is 7.11 Å². The first-order valence-corrected chi connectivity index (χ1v) is 6.82. The van der Waals surface area contributed by atoms with Gasteiger partial charge in [0.25, 0.3) is 0 Å². The molecule has 0 aromatic heterocycles. The highest BCUT2D eigenvalue weighted by atomic mass is 16.5. The molecule has 2 rings (SSSR count). The molecule has 100 valence electrons. The van der Waals surface area contributed by atoms with Crippen LogP contribution in [0.3, 0.4) is 0 Å². The second-order valence-electron chi connectivity index (χ2n) is 5.11. The molecule has 1 aliphatic carbocycles. The molecule has 0 saturated heterocycles. The Bertz CT molecular complexity index is 367. The summed E-state index contributed by atoms with van der Waals surface area (Å²) in [6.07, 6.45) is 1.23. The second kappa shape index (κ2) is 6.88. The first-order chi connectivity index (χ1) is 8.81. The first-order valence-electron chi connectivity index (χ1n) is 6.82. The van der Waals surface area contributed by atoms with Gasteiger partial charge in [-0.3, -0.25) is 0 Å². The lowest BCUT2D eigenvalue weighted by Crippen LogP contribution is -2.40. The summed E-state index contributed by atoms with van der Waals surface area (Å²) in [5.74, 6) is 0.711. The summed E-state index contributed by atoms with van der Waals surface area (Å²) >= 11 is 0. The molecule has 3 heteroatoms. The molecule has 2 atom stereocenters. The standard InChI is InChI=1S/C15H24N2O/c1-12(10-16-7-8-18-2)17-11-14-9-13-5-3-4-6-15(13)14/h3-6,12,14,16-17H,7-11H2,1-2H3. The highest BCUT2D eigenvalue weighted by molar-refractivity contribution is 5.40. The predicted molar refractivity (Wildman–Crippen MR) is 75.1 cm³/mol. The maximum Gasteiger partial charge on any atom is 0.0587 e. The minimum atomic E-state index is 0.509. The number of methoxy groups -OCH3 is 1. The Kier molecular flexibility index (Phi) is 5.17. The third kappa shape index (κ3) is 3.55. The van der Waals surface area contributed by atoms with Gasteiger partial charge in [-0.2, -0.15) is 0 Å². The van der Waals surface area contributed by atoms with E-state index < -0.39 is 0 Å². The van der Waals surface area contributed by atoms with Crippen LogP contribution in [0.4, 0.5) is 0 Å². The van der Waals surface area contributed by atoms with Gasteiger partial charge in [-0.25, -0.2) is 0 Å². The van der Waals surface area contributed by atoms with Crippen molar-refractivity contribution in [1.29, 1.82) is 0 Å². The molecule has 0 fully saturated rings. The van der Waals surface area contributed by atoms with E-state index in [2.05, 4.69) is 41.8 Å². The minimum absolute atomic E-state index is 0.509. The van der Waals surface area contributed by atoms with Crippen molar-refractivity contribution < 1.29 is 4.74 Å². The molecule has 0 saturated carbocycles. The van der Waals surface area contributed by atoms with Gasteiger partial charge in [0.2, 0.25) is 0 Å². The van der Waals surface area contributed by atoms with Crippen molar-refractivity contribution in [2.24, 2.45) is 0 Å². The van der Waals surface area contributed by atoms with E-state index in [1.807, 2.05) is 0 Å². The maximum absolute atomic E-state index is 5.00. The summed E-state index contributed by atoms with van der Waals surface area (Å²) in [4.78, 5) is 0. The molecule has 2 unspecified atom stereocenters. The number of ether oxygens (including phenoxy) is 1. The average Bonchev–Trinajstić information content (AvgIpc) is 2.36. The molecular weight excluding hydrogens is 224 g/mol. The number of hydrogen-bond acceptors (Lipinski definition) is 3. The fraction of sp³-hybridized carbons (Fsp3) is 0.600. The molecule has 0 amide bonds. The van der Waals surface area contributed by atoms with Gasteiger partial charge in [0.05, 0.1) is 6.61 Å². The van der Waals surface area contributed by atoms with Crippen LogP contribution < -0.4 is 10.6 Å². The van der Waals surface area contributed by atoms with Crippen LogP contribution in [-0.4, -0.2) is 39.4 Å². The van der Waals surface area contributed by atoms with E-state index in [4.69, 9.17) is 4.74 Å². The van der Waals surface area contributed by atoms with Gasteiger partial charge in [0, 0.05) is 38.7 Å². The van der Waals surface area contributed by atoms with E-state index in [9.17, 15) is 0 Å². The van der Waals surface area contributed by atoms with Crippen LogP contribution in [0.1, 0.15) is 24.0 Å². The third-order valence-corrected chi connectivity index (χ3v) is 3.61. The van der Waals surface area contributed by atoms with Crippen molar-refractivity contribution >= 4 is 0 Å². The quantitative estimate of drug-likeness (QED) is 0.685. The van der Waals surface area contributed by atoms with Gasteiger partial charge >= 0.3 is 0 Å². The highest BCUT2D eigenvalue weighted by Crippen LogP contribution is 2.33. The molecule has 0 spiro atoms. The Labute approximate surface area is 110 Å². The zero-order valence-electron chi connectivity index (χ0n) is 11.4. The number of rotatable bonds is 8. The SMILES string of the molecule is COCCNCC(C)NCC1Cc2ccccc21. The van der Waals surface area contributed by atoms with Crippen LogP contribution in [0.5, 0.6) is 0 Å². The number of benzene rings is 1. The molecule has 3 nitrogen and oxygen atoms in total. The summed E-state index contributed by atoms with van der Waals surface area (Å²) in [5.41, 5.74) is 3.06. The molecule has 1 aromatic carbocycles. The summed E-state index contributed by atoms with van der Waals surface area (Å²) in [6.45, 7) is 6.02. The van der Waals surface area contributed by atoms with Crippen LogP contribution >= 0.6 is 0 Å². The Morgan fingerprint density at radius 3 is 3.00 bits per heavy atom. The normalized spacial score (nSPS) is 19.1. The Hall–Kier alpha value is -0.900. The van der Waals surface area contributed by atoms with Gasteiger partial charge in [-0.15, -0.1) is 0 Å². The molecule has 0 aliphatic heterocycles. The van der Waals surface area contributed by atoms with Crippen molar-refractivity contribution in [2.45, 2.75) is 25.3 Å². The van der Waals surface area contributed by atoms with Crippen LogP contribution in [0.2, 0.25) is 0 Å². The molecule has 18 heavy (non-hydrogen) atoms. The van der Waals surface area contributed by atoms with Gasteiger partial charge in [-0.05, 0) is 24.5 Å². The number of hydrogen-bond donors (Lipinski definition) is 2. The highest BCUT2D eigenvalue weighted by Gasteiger charge is 2.24. The van der Waals surface area contributed by atoms with Crippen molar-refractivity contribution in [2.75, 3.05) is 33.4 Å². The molecule has 0 heterocycles.